The Labute approximate surface area is 179 Å². The number of carbonyl (C=O) groups excluding carboxylic acids is 1. The molecule has 158 valence electrons. The lowest BCUT2D eigenvalue weighted by atomic mass is 10.2. The van der Waals surface area contributed by atoms with E-state index in [2.05, 4.69) is 20.5 Å². The minimum atomic E-state index is -0.340. The van der Waals surface area contributed by atoms with Crippen molar-refractivity contribution in [2.45, 2.75) is 12.8 Å². The second-order valence-corrected chi connectivity index (χ2v) is 8.47. The van der Waals surface area contributed by atoms with Gasteiger partial charge in [0.25, 0.3) is 5.91 Å². The van der Waals surface area contributed by atoms with Gasteiger partial charge in [0.2, 0.25) is 0 Å². The molecule has 1 fully saturated rings. The van der Waals surface area contributed by atoms with E-state index in [0.29, 0.717) is 12.1 Å². The first kappa shape index (κ1) is 20.8. The van der Waals surface area contributed by atoms with Crippen molar-refractivity contribution < 1.29 is 13.6 Å². The van der Waals surface area contributed by atoms with Crippen molar-refractivity contribution >= 4 is 33.0 Å². The number of unbranched alkanes of at least 4 members (excludes halogenated alkanes) is 1. The third-order valence-electron chi connectivity index (χ3n) is 5.52. The van der Waals surface area contributed by atoms with E-state index < -0.39 is 0 Å². The number of hydrogen-bond acceptors (Lipinski definition) is 4. The number of hydrogen-bond donors (Lipinski definition) is 1. The minimum Gasteiger partial charge on any atom is -0.368 e. The van der Waals surface area contributed by atoms with Gasteiger partial charge in [0.05, 0.1) is 5.69 Å². The number of piperazine rings is 1. The van der Waals surface area contributed by atoms with Gasteiger partial charge in [-0.15, -0.1) is 11.3 Å². The van der Waals surface area contributed by atoms with E-state index in [4.69, 9.17) is 0 Å². The molecule has 1 saturated heterocycles. The van der Waals surface area contributed by atoms with Crippen LogP contribution in [0.15, 0.2) is 47.8 Å². The number of rotatable bonds is 7. The first-order chi connectivity index (χ1) is 14.6. The Bertz CT molecular complexity index is 997. The SMILES string of the molecule is O=C(NCCCCN1CCN(c2csc3cc(F)ccc23)CC1)c1ccc(F)cc1. The number of fused-ring (bicyclic) bond motifs is 1. The molecule has 1 aromatic heterocycles. The normalized spacial score (nSPS) is 14.9. The number of carbonyl (C=O) groups is 1. The van der Waals surface area contributed by atoms with E-state index in [1.54, 1.807) is 17.4 Å². The maximum absolute atomic E-state index is 13.4. The molecule has 0 saturated carbocycles. The Morgan fingerprint density at radius 2 is 1.70 bits per heavy atom. The number of thiophene rings is 1. The lowest BCUT2D eigenvalue weighted by Gasteiger charge is -2.35. The first-order valence-electron chi connectivity index (χ1n) is 10.3. The van der Waals surface area contributed by atoms with E-state index >= 15 is 0 Å². The van der Waals surface area contributed by atoms with Crippen LogP contribution in [0, 0.1) is 11.6 Å². The van der Waals surface area contributed by atoms with Gasteiger partial charge in [-0.25, -0.2) is 8.78 Å². The van der Waals surface area contributed by atoms with Gasteiger partial charge in [-0.1, -0.05) is 0 Å². The molecular formula is C23H25F2N3OS. The molecule has 30 heavy (non-hydrogen) atoms. The smallest absolute Gasteiger partial charge is 0.251 e. The molecule has 1 aliphatic heterocycles. The van der Waals surface area contributed by atoms with Gasteiger partial charge in [-0.05, 0) is 61.9 Å². The zero-order valence-electron chi connectivity index (χ0n) is 16.7. The number of anilines is 1. The molecule has 0 aliphatic carbocycles. The summed E-state index contributed by atoms with van der Waals surface area (Å²) in [5.41, 5.74) is 1.69. The van der Waals surface area contributed by atoms with Crippen LogP contribution in [0.25, 0.3) is 10.1 Å². The third-order valence-corrected chi connectivity index (χ3v) is 6.46. The molecule has 1 aliphatic rings. The molecule has 0 bridgehead atoms. The van der Waals surface area contributed by atoms with E-state index in [0.717, 1.165) is 55.7 Å². The van der Waals surface area contributed by atoms with Gasteiger partial charge in [0.15, 0.2) is 0 Å². The van der Waals surface area contributed by atoms with Gasteiger partial charge < -0.3 is 10.2 Å². The van der Waals surface area contributed by atoms with E-state index in [1.807, 2.05) is 6.07 Å². The molecule has 2 heterocycles. The van der Waals surface area contributed by atoms with Crippen molar-refractivity contribution in [3.05, 3.63) is 65.0 Å². The zero-order chi connectivity index (χ0) is 20.9. The van der Waals surface area contributed by atoms with Crippen LogP contribution in [0.2, 0.25) is 0 Å². The van der Waals surface area contributed by atoms with Crippen LogP contribution < -0.4 is 10.2 Å². The number of benzene rings is 2. The summed E-state index contributed by atoms with van der Waals surface area (Å²) >= 11 is 1.59. The zero-order valence-corrected chi connectivity index (χ0v) is 17.6. The fraction of sp³-hybridized carbons (Fsp3) is 0.348. The molecule has 0 spiro atoms. The molecule has 0 radical (unpaired) electrons. The lowest BCUT2D eigenvalue weighted by Crippen LogP contribution is -2.46. The predicted molar refractivity (Wildman–Crippen MR) is 118 cm³/mol. The Hall–Kier alpha value is -2.51. The van der Waals surface area contributed by atoms with Gasteiger partial charge >= 0.3 is 0 Å². The Kier molecular flexibility index (Phi) is 6.59. The van der Waals surface area contributed by atoms with Gasteiger partial charge in [0.1, 0.15) is 11.6 Å². The maximum Gasteiger partial charge on any atom is 0.251 e. The predicted octanol–water partition coefficient (Wildman–Crippen LogP) is 4.51. The number of nitrogens with one attached hydrogen (secondary N) is 1. The molecule has 4 rings (SSSR count). The van der Waals surface area contributed by atoms with Crippen molar-refractivity contribution in [2.24, 2.45) is 0 Å². The molecule has 1 amide bonds. The third kappa shape index (κ3) is 4.96. The molecule has 0 unspecified atom stereocenters. The van der Waals surface area contributed by atoms with Crippen LogP contribution in [0.4, 0.5) is 14.5 Å². The largest absolute Gasteiger partial charge is 0.368 e. The number of amides is 1. The highest BCUT2D eigenvalue weighted by molar-refractivity contribution is 7.17. The van der Waals surface area contributed by atoms with Crippen LogP contribution >= 0.6 is 11.3 Å². The minimum absolute atomic E-state index is 0.161. The van der Waals surface area contributed by atoms with E-state index in [9.17, 15) is 13.6 Å². The Morgan fingerprint density at radius 1 is 0.967 bits per heavy atom. The lowest BCUT2D eigenvalue weighted by molar-refractivity contribution is 0.0952. The molecule has 4 nitrogen and oxygen atoms in total. The fourth-order valence-electron chi connectivity index (χ4n) is 3.81. The summed E-state index contributed by atoms with van der Waals surface area (Å²) in [7, 11) is 0. The molecule has 3 aromatic rings. The van der Waals surface area contributed by atoms with Gasteiger partial charge in [0, 0.05) is 53.8 Å². The highest BCUT2D eigenvalue weighted by Crippen LogP contribution is 2.33. The van der Waals surface area contributed by atoms with Crippen molar-refractivity contribution in [3.63, 3.8) is 0 Å². The molecule has 2 aromatic carbocycles. The summed E-state index contributed by atoms with van der Waals surface area (Å²) in [4.78, 5) is 16.8. The topological polar surface area (TPSA) is 35.6 Å². The maximum atomic E-state index is 13.4. The van der Waals surface area contributed by atoms with Crippen LogP contribution in [0.3, 0.4) is 0 Å². The van der Waals surface area contributed by atoms with Crippen molar-refractivity contribution in [3.8, 4) is 0 Å². The average molecular weight is 430 g/mol. The van der Waals surface area contributed by atoms with E-state index in [-0.39, 0.29) is 17.5 Å². The Morgan fingerprint density at radius 3 is 2.47 bits per heavy atom. The van der Waals surface area contributed by atoms with E-state index in [1.165, 1.54) is 36.0 Å². The quantitative estimate of drug-likeness (QED) is 0.562. The average Bonchev–Trinajstić information content (AvgIpc) is 3.17. The summed E-state index contributed by atoms with van der Waals surface area (Å²) in [5, 5.41) is 6.15. The van der Waals surface area contributed by atoms with Gasteiger partial charge in [-0.3, -0.25) is 9.69 Å². The molecular weight excluding hydrogens is 404 g/mol. The van der Waals surface area contributed by atoms with Gasteiger partial charge in [-0.2, -0.15) is 0 Å². The monoisotopic (exact) mass is 429 g/mol. The number of nitrogens with zero attached hydrogens (tertiary/aromatic N) is 2. The molecule has 1 N–H and O–H groups in total. The summed E-state index contributed by atoms with van der Waals surface area (Å²) in [6.07, 6.45) is 1.93. The summed E-state index contributed by atoms with van der Waals surface area (Å²) in [6, 6.07) is 10.6. The molecule has 0 atom stereocenters. The standard InChI is InChI=1S/C23H25F2N3OS/c24-18-5-3-17(4-6-18)23(29)26-9-1-2-10-27-11-13-28(14-12-27)21-16-30-22-15-19(25)7-8-20(21)22/h3-8,15-16H,1-2,9-14H2,(H,26,29). The van der Waals surface area contributed by atoms with Crippen LogP contribution in [-0.2, 0) is 0 Å². The van der Waals surface area contributed by atoms with Crippen molar-refractivity contribution in [1.82, 2.24) is 10.2 Å². The highest BCUT2D eigenvalue weighted by atomic mass is 32.1. The second kappa shape index (κ2) is 9.53. The van der Waals surface area contributed by atoms with Crippen LogP contribution in [0.1, 0.15) is 23.2 Å². The highest BCUT2D eigenvalue weighted by Gasteiger charge is 2.19. The fourth-order valence-corrected chi connectivity index (χ4v) is 4.81. The summed E-state index contributed by atoms with van der Waals surface area (Å²) in [6.45, 7) is 5.56. The Balaban J connectivity index is 1.16. The molecule has 7 heteroatoms. The van der Waals surface area contributed by atoms with Crippen molar-refractivity contribution in [1.29, 1.82) is 0 Å². The first-order valence-corrected chi connectivity index (χ1v) is 11.2. The van der Waals surface area contributed by atoms with Crippen molar-refractivity contribution in [2.75, 3.05) is 44.2 Å². The second-order valence-electron chi connectivity index (χ2n) is 7.56. The summed E-state index contributed by atoms with van der Waals surface area (Å²) in [5.74, 6) is -0.686. The summed E-state index contributed by atoms with van der Waals surface area (Å²) < 4.78 is 27.3. The van der Waals surface area contributed by atoms with Crippen LogP contribution in [-0.4, -0.2) is 50.1 Å². The van der Waals surface area contributed by atoms with Crippen LogP contribution in [0.5, 0.6) is 0 Å². The number of halogens is 2.